The Balaban J connectivity index is 1.63. The summed E-state index contributed by atoms with van der Waals surface area (Å²) in [6.45, 7) is 0.764. The lowest BCUT2D eigenvalue weighted by Crippen LogP contribution is -2.29. The quantitative estimate of drug-likeness (QED) is 0.852. The van der Waals surface area contributed by atoms with Crippen LogP contribution in [0.2, 0.25) is 0 Å². The van der Waals surface area contributed by atoms with Gasteiger partial charge in [-0.1, -0.05) is 12.1 Å². The normalized spacial score (nSPS) is 21.8. The molecule has 1 fully saturated rings. The monoisotopic (exact) mass is 300 g/mol. The van der Waals surface area contributed by atoms with Gasteiger partial charge in [0.2, 0.25) is 0 Å². The van der Waals surface area contributed by atoms with E-state index in [0.29, 0.717) is 12.8 Å². The van der Waals surface area contributed by atoms with E-state index in [2.05, 4.69) is 5.10 Å². The first-order chi connectivity index (χ1) is 10.7. The van der Waals surface area contributed by atoms with Crippen molar-refractivity contribution in [2.24, 2.45) is 0 Å². The van der Waals surface area contributed by atoms with Gasteiger partial charge in [-0.2, -0.15) is 5.10 Å². The van der Waals surface area contributed by atoms with Gasteiger partial charge in [0, 0.05) is 31.8 Å². The number of aryl methyl sites for hydroxylation is 1. The van der Waals surface area contributed by atoms with Crippen molar-refractivity contribution in [3.05, 3.63) is 48.3 Å². The molecule has 2 atom stereocenters. The fourth-order valence-corrected chi connectivity index (χ4v) is 2.77. The molecule has 1 saturated heterocycles. The number of benzene rings is 1. The van der Waals surface area contributed by atoms with Gasteiger partial charge in [0.1, 0.15) is 11.5 Å². The summed E-state index contributed by atoms with van der Waals surface area (Å²) in [7, 11) is 1.64. The molecule has 1 aromatic carbocycles. The van der Waals surface area contributed by atoms with Gasteiger partial charge >= 0.3 is 0 Å². The molecule has 0 saturated carbocycles. The number of hydrogen-bond acceptors (Lipinski definition) is 4. The van der Waals surface area contributed by atoms with Crippen LogP contribution in [-0.2, 0) is 16.1 Å². The third kappa shape index (κ3) is 3.54. The Morgan fingerprint density at radius 2 is 2.14 bits per heavy atom. The molecule has 22 heavy (non-hydrogen) atoms. The summed E-state index contributed by atoms with van der Waals surface area (Å²) >= 11 is 0. The van der Waals surface area contributed by atoms with E-state index in [1.54, 1.807) is 13.3 Å². The molecular weight excluding hydrogens is 280 g/mol. The van der Waals surface area contributed by atoms with E-state index in [1.165, 1.54) is 0 Å². The minimum absolute atomic E-state index is 0.0439. The molecule has 0 aliphatic carbocycles. The van der Waals surface area contributed by atoms with E-state index < -0.39 is 0 Å². The number of hydrogen-bond donors (Lipinski definition) is 0. The van der Waals surface area contributed by atoms with Crippen LogP contribution >= 0.6 is 0 Å². The molecule has 2 aromatic rings. The van der Waals surface area contributed by atoms with Crippen LogP contribution in [0, 0.1) is 0 Å². The zero-order valence-corrected chi connectivity index (χ0v) is 12.6. The van der Waals surface area contributed by atoms with Crippen molar-refractivity contribution < 1.29 is 14.3 Å². The zero-order valence-electron chi connectivity index (χ0n) is 12.6. The molecule has 0 amide bonds. The van der Waals surface area contributed by atoms with Crippen molar-refractivity contribution in [1.82, 2.24) is 9.78 Å². The first-order valence-corrected chi connectivity index (χ1v) is 7.53. The standard InChI is InChI=1S/C17H20N2O3/c1-21-15-5-3-13(4-6-15)17-12-14(20)11-16(22-17)7-10-19-9-2-8-18-19/h2-6,8-9,16-17H,7,10-12H2,1H3/t16-,17-/m1/s1. The second-order valence-electron chi connectivity index (χ2n) is 5.52. The topological polar surface area (TPSA) is 53.4 Å². The van der Waals surface area contributed by atoms with Crippen LogP contribution in [0.3, 0.4) is 0 Å². The maximum absolute atomic E-state index is 12.0. The maximum Gasteiger partial charge on any atom is 0.138 e. The second kappa shape index (κ2) is 6.75. The van der Waals surface area contributed by atoms with Crippen LogP contribution in [0.5, 0.6) is 5.75 Å². The summed E-state index contributed by atoms with van der Waals surface area (Å²) in [4.78, 5) is 12.0. The summed E-state index contributed by atoms with van der Waals surface area (Å²) in [5, 5.41) is 4.18. The maximum atomic E-state index is 12.0. The summed E-state index contributed by atoms with van der Waals surface area (Å²) in [6.07, 6.45) is 5.21. The number of rotatable bonds is 5. The Morgan fingerprint density at radius 1 is 1.32 bits per heavy atom. The van der Waals surface area contributed by atoms with Crippen LogP contribution in [0.25, 0.3) is 0 Å². The van der Waals surface area contributed by atoms with Crippen LogP contribution in [0.15, 0.2) is 42.7 Å². The fraction of sp³-hybridized carbons (Fsp3) is 0.412. The van der Waals surface area contributed by atoms with Crippen molar-refractivity contribution in [3.63, 3.8) is 0 Å². The first-order valence-electron chi connectivity index (χ1n) is 7.53. The van der Waals surface area contributed by atoms with E-state index in [-0.39, 0.29) is 18.0 Å². The molecule has 2 heterocycles. The summed E-state index contributed by atoms with van der Waals surface area (Å²) in [5.41, 5.74) is 1.03. The number of carbonyl (C=O) groups is 1. The van der Waals surface area contributed by atoms with Gasteiger partial charge in [-0.15, -0.1) is 0 Å². The van der Waals surface area contributed by atoms with Gasteiger partial charge in [0.25, 0.3) is 0 Å². The first kappa shape index (κ1) is 14.8. The third-order valence-electron chi connectivity index (χ3n) is 3.95. The predicted octanol–water partition coefficient (Wildman–Crippen LogP) is 2.77. The largest absolute Gasteiger partial charge is 0.497 e. The molecule has 1 aromatic heterocycles. The number of carbonyl (C=O) groups excluding carboxylic acids is 1. The van der Waals surface area contributed by atoms with Crippen molar-refractivity contribution in [2.45, 2.75) is 38.0 Å². The molecular formula is C17H20N2O3. The van der Waals surface area contributed by atoms with Crippen molar-refractivity contribution in [3.8, 4) is 5.75 Å². The van der Waals surface area contributed by atoms with Crippen molar-refractivity contribution in [1.29, 1.82) is 0 Å². The Morgan fingerprint density at radius 3 is 2.82 bits per heavy atom. The molecule has 3 rings (SSSR count). The lowest BCUT2D eigenvalue weighted by Gasteiger charge is -2.29. The number of ketones is 1. The van der Waals surface area contributed by atoms with Gasteiger partial charge in [-0.05, 0) is 30.2 Å². The van der Waals surface area contributed by atoms with Crippen molar-refractivity contribution >= 4 is 5.78 Å². The second-order valence-corrected chi connectivity index (χ2v) is 5.52. The molecule has 5 nitrogen and oxygen atoms in total. The van der Waals surface area contributed by atoms with E-state index >= 15 is 0 Å². The summed E-state index contributed by atoms with van der Waals surface area (Å²) in [6, 6.07) is 9.62. The number of aromatic nitrogens is 2. The number of nitrogens with zero attached hydrogens (tertiary/aromatic N) is 2. The molecule has 1 aliphatic heterocycles. The third-order valence-corrected chi connectivity index (χ3v) is 3.95. The number of methoxy groups -OCH3 is 1. The van der Waals surface area contributed by atoms with Gasteiger partial charge in [-0.3, -0.25) is 9.48 Å². The number of Topliss-reactive ketones (excluding diaryl/α,β-unsaturated/α-hetero) is 1. The summed E-state index contributed by atoms with van der Waals surface area (Å²) < 4.78 is 13.1. The highest BCUT2D eigenvalue weighted by atomic mass is 16.5. The minimum atomic E-state index is -0.158. The Kier molecular flexibility index (Phi) is 4.53. The van der Waals surface area contributed by atoms with Gasteiger partial charge in [-0.25, -0.2) is 0 Å². The lowest BCUT2D eigenvalue weighted by atomic mass is 9.96. The van der Waals surface area contributed by atoms with Crippen LogP contribution in [0.1, 0.15) is 30.9 Å². The highest BCUT2D eigenvalue weighted by Crippen LogP contribution is 2.31. The van der Waals surface area contributed by atoms with E-state index in [9.17, 15) is 4.79 Å². The molecule has 0 unspecified atom stereocenters. The smallest absolute Gasteiger partial charge is 0.138 e. The molecule has 116 valence electrons. The highest BCUT2D eigenvalue weighted by Gasteiger charge is 2.28. The Labute approximate surface area is 129 Å². The average Bonchev–Trinajstić information content (AvgIpc) is 3.06. The minimum Gasteiger partial charge on any atom is -0.497 e. The van der Waals surface area contributed by atoms with Gasteiger partial charge in [0.15, 0.2) is 0 Å². The SMILES string of the molecule is COc1ccc([C@H]2CC(=O)C[C@@H](CCn3cccn3)O2)cc1. The van der Waals surface area contributed by atoms with Crippen LogP contribution in [-0.4, -0.2) is 28.8 Å². The van der Waals surface area contributed by atoms with E-state index in [0.717, 1.165) is 24.3 Å². The fourth-order valence-electron chi connectivity index (χ4n) is 2.77. The Bertz CT molecular complexity index is 607. The zero-order chi connectivity index (χ0) is 15.4. The van der Waals surface area contributed by atoms with E-state index in [1.807, 2.05) is 41.2 Å². The molecule has 1 aliphatic rings. The average molecular weight is 300 g/mol. The highest BCUT2D eigenvalue weighted by molar-refractivity contribution is 5.80. The van der Waals surface area contributed by atoms with E-state index in [4.69, 9.17) is 9.47 Å². The van der Waals surface area contributed by atoms with Crippen molar-refractivity contribution in [2.75, 3.05) is 7.11 Å². The van der Waals surface area contributed by atoms with Gasteiger partial charge in [0.05, 0.1) is 19.3 Å². The lowest BCUT2D eigenvalue weighted by molar-refractivity contribution is -0.136. The molecule has 0 spiro atoms. The van der Waals surface area contributed by atoms with Gasteiger partial charge < -0.3 is 9.47 Å². The Hall–Kier alpha value is -2.14. The molecule has 0 bridgehead atoms. The predicted molar refractivity (Wildman–Crippen MR) is 81.7 cm³/mol. The number of ether oxygens (including phenoxy) is 2. The van der Waals surface area contributed by atoms with Crippen LogP contribution < -0.4 is 4.74 Å². The molecule has 5 heteroatoms. The summed E-state index contributed by atoms with van der Waals surface area (Å²) in [5.74, 6) is 1.07. The molecule has 0 N–H and O–H groups in total. The molecule has 0 radical (unpaired) electrons. The van der Waals surface area contributed by atoms with Crippen LogP contribution in [0.4, 0.5) is 0 Å².